The first-order valence-corrected chi connectivity index (χ1v) is 9.15. The first-order chi connectivity index (χ1) is 11.2. The molecular weight excluding hydrogens is 286 g/mol. The van der Waals surface area contributed by atoms with Gasteiger partial charge in [-0.25, -0.2) is 0 Å². The summed E-state index contributed by atoms with van der Waals surface area (Å²) in [6.07, 6.45) is 4.52. The van der Waals surface area contributed by atoms with E-state index in [2.05, 4.69) is 37.1 Å². The summed E-state index contributed by atoms with van der Waals surface area (Å²) in [7, 11) is 0. The molecule has 0 unspecified atom stereocenters. The Morgan fingerprint density at radius 2 is 1.87 bits per heavy atom. The summed E-state index contributed by atoms with van der Waals surface area (Å²) in [5.74, 6) is 0.806. The van der Waals surface area contributed by atoms with E-state index < -0.39 is 0 Å². The van der Waals surface area contributed by atoms with Crippen molar-refractivity contribution in [3.63, 3.8) is 0 Å². The van der Waals surface area contributed by atoms with Gasteiger partial charge in [-0.1, -0.05) is 26.8 Å². The molecule has 0 saturated carbocycles. The van der Waals surface area contributed by atoms with Gasteiger partial charge in [0.15, 0.2) is 0 Å². The molecule has 4 heteroatoms. The number of hydrogen-bond acceptors (Lipinski definition) is 4. The Hall–Kier alpha value is -1.26. The lowest BCUT2D eigenvalue weighted by atomic mass is 10.1. The second-order valence-corrected chi connectivity index (χ2v) is 5.95. The van der Waals surface area contributed by atoms with Gasteiger partial charge in [0, 0.05) is 0 Å². The molecule has 0 aliphatic heterocycles. The van der Waals surface area contributed by atoms with E-state index in [4.69, 9.17) is 10.5 Å². The van der Waals surface area contributed by atoms with Gasteiger partial charge in [0.1, 0.15) is 5.75 Å². The van der Waals surface area contributed by atoms with E-state index in [0.717, 1.165) is 57.1 Å². The minimum Gasteiger partial charge on any atom is -0.491 e. The van der Waals surface area contributed by atoms with Crippen molar-refractivity contribution in [2.45, 2.75) is 46.5 Å². The number of nitrogens with one attached hydrogen (secondary N) is 1. The standard InChI is InChI=1S/C19H35N3O/c1-4-15-23-19-10-9-17(16-18(19)20)11-13-21-12-7-8-14-22(5-2)6-3/h9-10,16,21H,4-8,11-15,20H2,1-3H3. The van der Waals surface area contributed by atoms with E-state index in [9.17, 15) is 0 Å². The molecule has 1 aromatic carbocycles. The third-order valence-electron chi connectivity index (χ3n) is 4.10. The average molecular weight is 322 g/mol. The number of nitrogens with zero attached hydrogens (tertiary/aromatic N) is 1. The molecule has 0 aliphatic carbocycles. The van der Waals surface area contributed by atoms with Gasteiger partial charge in [-0.15, -0.1) is 0 Å². The maximum Gasteiger partial charge on any atom is 0.142 e. The van der Waals surface area contributed by atoms with Gasteiger partial charge in [0.05, 0.1) is 12.3 Å². The van der Waals surface area contributed by atoms with E-state index in [-0.39, 0.29) is 0 Å². The van der Waals surface area contributed by atoms with Crippen molar-refractivity contribution in [1.29, 1.82) is 0 Å². The van der Waals surface area contributed by atoms with E-state index in [1.54, 1.807) is 0 Å². The Morgan fingerprint density at radius 1 is 1.09 bits per heavy atom. The zero-order valence-electron chi connectivity index (χ0n) is 15.2. The number of hydrogen-bond donors (Lipinski definition) is 2. The van der Waals surface area contributed by atoms with Crippen LogP contribution in [0, 0.1) is 0 Å². The maximum atomic E-state index is 6.04. The Bertz CT molecular complexity index is 419. The van der Waals surface area contributed by atoms with Gasteiger partial charge in [-0.05, 0) is 76.1 Å². The van der Waals surface area contributed by atoms with Gasteiger partial charge < -0.3 is 20.7 Å². The molecule has 0 bridgehead atoms. The normalized spacial score (nSPS) is 11.1. The third-order valence-corrected chi connectivity index (χ3v) is 4.10. The van der Waals surface area contributed by atoms with E-state index in [1.807, 2.05) is 12.1 Å². The van der Waals surface area contributed by atoms with E-state index in [0.29, 0.717) is 0 Å². The molecule has 0 atom stereocenters. The van der Waals surface area contributed by atoms with Gasteiger partial charge >= 0.3 is 0 Å². The van der Waals surface area contributed by atoms with Gasteiger partial charge in [0.2, 0.25) is 0 Å². The van der Waals surface area contributed by atoms with E-state index in [1.165, 1.54) is 24.9 Å². The summed E-state index contributed by atoms with van der Waals surface area (Å²) in [6, 6.07) is 6.14. The lowest BCUT2D eigenvalue weighted by molar-refractivity contribution is 0.296. The molecule has 0 amide bonds. The molecule has 0 radical (unpaired) electrons. The fraction of sp³-hybridized carbons (Fsp3) is 0.684. The monoisotopic (exact) mass is 321 g/mol. The van der Waals surface area contributed by atoms with Crippen LogP contribution in [-0.4, -0.2) is 44.2 Å². The molecule has 0 aromatic heterocycles. The van der Waals surface area contributed by atoms with Gasteiger partial charge in [-0.2, -0.15) is 0 Å². The van der Waals surface area contributed by atoms with Crippen LogP contribution in [0.3, 0.4) is 0 Å². The molecule has 0 aliphatic rings. The Balaban J connectivity index is 2.15. The van der Waals surface area contributed by atoms with Crippen molar-refractivity contribution in [1.82, 2.24) is 10.2 Å². The van der Waals surface area contributed by atoms with Crippen LogP contribution in [-0.2, 0) is 6.42 Å². The average Bonchev–Trinajstić information content (AvgIpc) is 2.56. The molecule has 1 rings (SSSR count). The Labute approximate surface area is 142 Å². The van der Waals surface area contributed by atoms with Crippen LogP contribution < -0.4 is 15.8 Å². The lowest BCUT2D eigenvalue weighted by Gasteiger charge is -2.17. The topological polar surface area (TPSA) is 50.5 Å². The highest BCUT2D eigenvalue weighted by atomic mass is 16.5. The van der Waals surface area contributed by atoms with Crippen molar-refractivity contribution >= 4 is 5.69 Å². The summed E-state index contributed by atoms with van der Waals surface area (Å²) in [6.45, 7) is 12.9. The molecule has 0 fully saturated rings. The molecule has 132 valence electrons. The number of anilines is 1. The van der Waals surface area contributed by atoms with Crippen LogP contribution in [0.2, 0.25) is 0 Å². The second-order valence-electron chi connectivity index (χ2n) is 5.95. The number of ether oxygens (including phenoxy) is 1. The molecule has 0 heterocycles. The maximum absolute atomic E-state index is 6.04. The van der Waals surface area contributed by atoms with E-state index >= 15 is 0 Å². The SMILES string of the molecule is CCCOc1ccc(CCNCCCCN(CC)CC)cc1N. The predicted molar refractivity (Wildman–Crippen MR) is 100 cm³/mol. The fourth-order valence-electron chi connectivity index (χ4n) is 2.58. The van der Waals surface area contributed by atoms with Crippen molar-refractivity contribution in [3.8, 4) is 5.75 Å². The number of unbranched alkanes of at least 4 members (excludes halogenated alkanes) is 1. The minimum atomic E-state index is 0.721. The molecule has 23 heavy (non-hydrogen) atoms. The zero-order chi connectivity index (χ0) is 16.9. The summed E-state index contributed by atoms with van der Waals surface area (Å²) >= 11 is 0. The van der Waals surface area contributed by atoms with Gasteiger partial charge in [-0.3, -0.25) is 0 Å². The van der Waals surface area contributed by atoms with Crippen molar-refractivity contribution in [2.75, 3.05) is 45.1 Å². The highest BCUT2D eigenvalue weighted by Gasteiger charge is 2.02. The molecule has 0 spiro atoms. The van der Waals surface area contributed by atoms with Crippen molar-refractivity contribution < 1.29 is 4.74 Å². The molecular formula is C19H35N3O. The minimum absolute atomic E-state index is 0.721. The van der Waals surface area contributed by atoms with Crippen molar-refractivity contribution in [2.24, 2.45) is 0 Å². The first-order valence-electron chi connectivity index (χ1n) is 9.15. The zero-order valence-corrected chi connectivity index (χ0v) is 15.2. The highest BCUT2D eigenvalue weighted by Crippen LogP contribution is 2.22. The van der Waals surface area contributed by atoms with Crippen LogP contribution in [0.1, 0.15) is 45.6 Å². The molecule has 1 aromatic rings. The molecule has 4 nitrogen and oxygen atoms in total. The quantitative estimate of drug-likeness (QED) is 0.432. The van der Waals surface area contributed by atoms with Crippen LogP contribution in [0.15, 0.2) is 18.2 Å². The fourth-order valence-corrected chi connectivity index (χ4v) is 2.58. The molecule has 0 saturated heterocycles. The smallest absolute Gasteiger partial charge is 0.142 e. The third kappa shape index (κ3) is 8.24. The summed E-state index contributed by atoms with van der Waals surface area (Å²) in [5, 5.41) is 3.52. The number of benzene rings is 1. The Morgan fingerprint density at radius 3 is 2.52 bits per heavy atom. The lowest BCUT2D eigenvalue weighted by Crippen LogP contribution is -2.25. The molecule has 3 N–H and O–H groups in total. The van der Waals surface area contributed by atoms with Crippen molar-refractivity contribution in [3.05, 3.63) is 23.8 Å². The first kappa shape index (κ1) is 19.8. The summed E-state index contributed by atoms with van der Waals surface area (Å²) < 4.78 is 5.60. The number of nitrogens with two attached hydrogens (primary N) is 1. The predicted octanol–water partition coefficient (Wildman–Crippen LogP) is 3.31. The van der Waals surface area contributed by atoms with Crippen LogP contribution in [0.5, 0.6) is 5.75 Å². The second kappa shape index (κ2) is 12.2. The summed E-state index contributed by atoms with van der Waals surface area (Å²) in [4.78, 5) is 2.48. The van der Waals surface area contributed by atoms with Crippen LogP contribution >= 0.6 is 0 Å². The number of nitrogen functional groups attached to an aromatic ring is 1. The summed E-state index contributed by atoms with van der Waals surface area (Å²) in [5.41, 5.74) is 8.05. The highest BCUT2D eigenvalue weighted by molar-refractivity contribution is 5.54. The largest absolute Gasteiger partial charge is 0.491 e. The Kier molecular flexibility index (Phi) is 10.5. The number of rotatable bonds is 13. The van der Waals surface area contributed by atoms with Crippen LogP contribution in [0.4, 0.5) is 5.69 Å². The van der Waals surface area contributed by atoms with Gasteiger partial charge in [0.25, 0.3) is 0 Å². The van der Waals surface area contributed by atoms with Crippen LogP contribution in [0.25, 0.3) is 0 Å².